The fraction of sp³-hybridized carbons (Fsp3) is 1.00. The normalized spacial score (nSPS) is 13.4. The molecule has 11 heavy (non-hydrogen) atoms. The Morgan fingerprint density at radius 3 is 2.55 bits per heavy atom. The number of likely N-dealkylation sites (N-methyl/N-ethyl adjacent to an activating group) is 1. The van der Waals surface area contributed by atoms with Gasteiger partial charge in [0.25, 0.3) is 0 Å². The topological polar surface area (TPSA) is 33.3 Å². The van der Waals surface area contributed by atoms with Crippen molar-refractivity contribution in [3.63, 3.8) is 0 Å². The van der Waals surface area contributed by atoms with E-state index in [9.17, 15) is 0 Å². The van der Waals surface area contributed by atoms with Crippen LogP contribution in [0, 0.1) is 0 Å². The quantitative estimate of drug-likeness (QED) is 0.308. The third-order valence-electron chi connectivity index (χ3n) is 1.17. The van der Waals surface area contributed by atoms with Crippen molar-refractivity contribution in [3.05, 3.63) is 0 Å². The highest BCUT2D eigenvalue weighted by Crippen LogP contribution is 1.90. The molecule has 0 heterocycles. The van der Waals surface area contributed by atoms with E-state index in [0.29, 0.717) is 4.05 Å². The van der Waals surface area contributed by atoms with Crippen molar-refractivity contribution in [2.45, 2.75) is 11.0 Å². The molecule has 0 saturated heterocycles. The summed E-state index contributed by atoms with van der Waals surface area (Å²) in [5.41, 5.74) is 0. The Labute approximate surface area is 82.4 Å². The summed E-state index contributed by atoms with van der Waals surface area (Å²) in [6.07, 6.45) is 0. The fourth-order valence-electron chi connectivity index (χ4n) is 0.606. The van der Waals surface area contributed by atoms with E-state index in [1.165, 1.54) is 0 Å². The van der Waals surface area contributed by atoms with E-state index in [2.05, 4.69) is 40.1 Å². The van der Waals surface area contributed by atoms with Gasteiger partial charge in [-0.05, 0) is 14.0 Å². The first-order chi connectivity index (χ1) is 5.27. The lowest BCUT2D eigenvalue weighted by Crippen LogP contribution is -2.25. The lowest BCUT2D eigenvalue weighted by molar-refractivity contribution is 0.139. The predicted octanol–water partition coefficient (Wildman–Crippen LogP) is 0.593. The highest BCUT2D eigenvalue weighted by Gasteiger charge is 1.91. The average molecular weight is 272 g/mol. The Morgan fingerprint density at radius 1 is 1.36 bits per heavy atom. The van der Waals surface area contributed by atoms with Gasteiger partial charge in [-0.1, -0.05) is 22.6 Å². The highest BCUT2D eigenvalue weighted by molar-refractivity contribution is 14.1. The molecule has 0 aromatic heterocycles. The van der Waals surface area contributed by atoms with Gasteiger partial charge in [0.05, 0.1) is 17.3 Å². The molecule has 0 aliphatic heterocycles. The van der Waals surface area contributed by atoms with Gasteiger partial charge in [0.1, 0.15) is 0 Å². The third kappa shape index (κ3) is 10.6. The van der Waals surface area contributed by atoms with E-state index in [1.54, 1.807) is 0 Å². The number of halogens is 1. The summed E-state index contributed by atoms with van der Waals surface area (Å²) in [5.74, 6) is 0. The summed E-state index contributed by atoms with van der Waals surface area (Å²) >= 11 is 2.33. The van der Waals surface area contributed by atoms with Crippen LogP contribution in [-0.4, -0.2) is 37.4 Å². The smallest absolute Gasteiger partial charge is 0.0591 e. The van der Waals surface area contributed by atoms with Crippen LogP contribution in [0.1, 0.15) is 6.92 Å². The summed E-state index contributed by atoms with van der Waals surface area (Å²) in [7, 11) is 1.93. The van der Waals surface area contributed by atoms with Gasteiger partial charge in [0.15, 0.2) is 0 Å². The second-order valence-corrected chi connectivity index (χ2v) is 4.15. The van der Waals surface area contributed by atoms with Crippen molar-refractivity contribution in [1.82, 2.24) is 10.6 Å². The van der Waals surface area contributed by atoms with E-state index in [-0.39, 0.29) is 0 Å². The molecule has 0 radical (unpaired) electrons. The van der Waals surface area contributed by atoms with E-state index >= 15 is 0 Å². The number of nitrogens with one attached hydrogen (secondary N) is 2. The first-order valence-electron chi connectivity index (χ1n) is 3.87. The van der Waals surface area contributed by atoms with Crippen LogP contribution in [0.3, 0.4) is 0 Å². The minimum absolute atomic E-state index is 0.528. The van der Waals surface area contributed by atoms with Gasteiger partial charge >= 0.3 is 0 Å². The minimum Gasteiger partial charge on any atom is -0.379 e. The van der Waals surface area contributed by atoms with Crippen LogP contribution >= 0.6 is 22.6 Å². The van der Waals surface area contributed by atoms with Crippen molar-refractivity contribution >= 4 is 22.6 Å². The number of hydrogen-bond acceptors (Lipinski definition) is 3. The summed E-state index contributed by atoms with van der Waals surface area (Å²) in [6, 6.07) is 0. The Morgan fingerprint density at radius 2 is 2.00 bits per heavy atom. The van der Waals surface area contributed by atoms with Gasteiger partial charge in [-0.25, -0.2) is 0 Å². The molecule has 0 fully saturated rings. The van der Waals surface area contributed by atoms with Crippen LogP contribution in [0.15, 0.2) is 0 Å². The molecule has 0 aromatic carbocycles. The molecule has 0 amide bonds. The van der Waals surface area contributed by atoms with Crippen molar-refractivity contribution in [2.75, 3.05) is 33.4 Å². The van der Waals surface area contributed by atoms with Gasteiger partial charge < -0.3 is 15.4 Å². The zero-order chi connectivity index (χ0) is 8.53. The van der Waals surface area contributed by atoms with Crippen LogP contribution in [-0.2, 0) is 4.74 Å². The molecular weight excluding hydrogens is 255 g/mol. The van der Waals surface area contributed by atoms with Gasteiger partial charge in [-0.15, -0.1) is 0 Å². The SMILES string of the molecule is CNCCOCCNC(C)I. The summed E-state index contributed by atoms with van der Waals surface area (Å²) in [5, 5.41) is 6.28. The molecular formula is C7H17IN2O. The van der Waals surface area contributed by atoms with Gasteiger partial charge in [0, 0.05) is 13.1 Å². The van der Waals surface area contributed by atoms with Gasteiger partial charge in [-0.3, -0.25) is 0 Å². The molecule has 0 aromatic rings. The second-order valence-electron chi connectivity index (χ2n) is 2.29. The number of hydrogen-bond donors (Lipinski definition) is 2. The second kappa shape index (κ2) is 8.70. The summed E-state index contributed by atoms with van der Waals surface area (Å²) in [6.45, 7) is 5.59. The summed E-state index contributed by atoms with van der Waals surface area (Å²) < 4.78 is 5.82. The standard InChI is InChI=1S/C7H17IN2O/c1-7(8)10-4-6-11-5-3-9-2/h7,9-10H,3-6H2,1-2H3. The molecule has 1 atom stereocenters. The van der Waals surface area contributed by atoms with E-state index in [4.69, 9.17) is 4.74 Å². The van der Waals surface area contributed by atoms with Crippen molar-refractivity contribution < 1.29 is 4.74 Å². The molecule has 0 bridgehead atoms. The number of rotatable bonds is 7. The maximum atomic E-state index is 5.30. The molecule has 0 saturated carbocycles. The molecule has 4 heteroatoms. The van der Waals surface area contributed by atoms with Gasteiger partial charge in [-0.2, -0.15) is 0 Å². The predicted molar refractivity (Wildman–Crippen MR) is 56.2 cm³/mol. The molecule has 1 unspecified atom stereocenters. The monoisotopic (exact) mass is 272 g/mol. The lowest BCUT2D eigenvalue weighted by atomic mass is 10.6. The molecule has 0 aliphatic rings. The van der Waals surface area contributed by atoms with Crippen LogP contribution in [0.2, 0.25) is 0 Å². The molecule has 2 N–H and O–H groups in total. The summed E-state index contributed by atoms with van der Waals surface area (Å²) in [4.78, 5) is 0. The lowest BCUT2D eigenvalue weighted by Gasteiger charge is -2.06. The minimum atomic E-state index is 0.528. The van der Waals surface area contributed by atoms with Crippen LogP contribution in [0.25, 0.3) is 0 Å². The van der Waals surface area contributed by atoms with Crippen LogP contribution in [0.4, 0.5) is 0 Å². The molecule has 68 valence electrons. The van der Waals surface area contributed by atoms with E-state index in [0.717, 1.165) is 26.3 Å². The van der Waals surface area contributed by atoms with Crippen LogP contribution in [0.5, 0.6) is 0 Å². The Bertz CT molecular complexity index is 80.8. The van der Waals surface area contributed by atoms with E-state index < -0.39 is 0 Å². The van der Waals surface area contributed by atoms with Crippen LogP contribution < -0.4 is 10.6 Å². The average Bonchev–Trinajstić information content (AvgIpc) is 1.96. The maximum Gasteiger partial charge on any atom is 0.0591 e. The Hall–Kier alpha value is 0.610. The Kier molecular flexibility index (Phi) is 9.19. The van der Waals surface area contributed by atoms with Crippen molar-refractivity contribution in [2.24, 2.45) is 0 Å². The molecule has 0 spiro atoms. The maximum absolute atomic E-state index is 5.30. The fourth-order valence-corrected chi connectivity index (χ4v) is 0.918. The first-order valence-corrected chi connectivity index (χ1v) is 5.11. The molecule has 0 rings (SSSR count). The number of ether oxygens (including phenoxy) is 1. The zero-order valence-electron chi connectivity index (χ0n) is 7.19. The molecule has 3 nitrogen and oxygen atoms in total. The third-order valence-corrected chi connectivity index (χ3v) is 1.61. The van der Waals surface area contributed by atoms with E-state index in [1.807, 2.05) is 7.05 Å². The van der Waals surface area contributed by atoms with Gasteiger partial charge in [0.2, 0.25) is 0 Å². The van der Waals surface area contributed by atoms with Crippen molar-refractivity contribution in [1.29, 1.82) is 0 Å². The first kappa shape index (κ1) is 11.6. The number of alkyl halides is 1. The van der Waals surface area contributed by atoms with Crippen molar-refractivity contribution in [3.8, 4) is 0 Å². The Balaban J connectivity index is 2.80. The largest absolute Gasteiger partial charge is 0.379 e. The molecule has 0 aliphatic carbocycles. The highest BCUT2D eigenvalue weighted by atomic mass is 127. The zero-order valence-corrected chi connectivity index (χ0v) is 9.35.